The molecule has 0 saturated heterocycles. The van der Waals surface area contributed by atoms with Crippen LogP contribution >= 0.6 is 0 Å². The molecule has 0 aromatic carbocycles. The van der Waals surface area contributed by atoms with E-state index in [9.17, 15) is 0 Å². The van der Waals surface area contributed by atoms with Crippen LogP contribution in [0.1, 0.15) is 33.6 Å². The molecule has 0 saturated carbocycles. The molecule has 0 N–H and O–H groups in total. The van der Waals surface area contributed by atoms with Crippen molar-refractivity contribution in [1.29, 1.82) is 10.5 Å². The predicted molar refractivity (Wildman–Crippen MR) is 45.6 cm³/mol. The number of hydrogen-bond donors (Lipinski definition) is 0. The fourth-order valence-corrected chi connectivity index (χ4v) is 0.433. The van der Waals surface area contributed by atoms with Crippen LogP contribution in [0.15, 0.2) is 11.6 Å². The maximum atomic E-state index is 7.26. The van der Waals surface area contributed by atoms with Crippen LogP contribution in [0.4, 0.5) is 0 Å². The van der Waals surface area contributed by atoms with Crippen LogP contribution in [0.2, 0.25) is 0 Å². The van der Waals surface area contributed by atoms with Crippen molar-refractivity contribution in [3.05, 3.63) is 11.6 Å². The first kappa shape index (κ1) is 12.4. The predicted octanol–water partition coefficient (Wildman–Crippen LogP) is 2.79. The van der Waals surface area contributed by atoms with E-state index in [1.54, 1.807) is 0 Å². The summed E-state index contributed by atoms with van der Waals surface area (Å²) in [5.41, 5.74) is 1.43. The lowest BCUT2D eigenvalue weighted by molar-refractivity contribution is 0.948. The number of allylic oxidation sites excluding steroid dienone is 2. The normalized spacial score (nSPS) is 6.27. The first-order valence-electron chi connectivity index (χ1n) is 3.60. The topological polar surface area (TPSA) is 47.6 Å². The van der Waals surface area contributed by atoms with Crippen molar-refractivity contribution < 1.29 is 0 Å². The van der Waals surface area contributed by atoms with Gasteiger partial charge in [-0.1, -0.05) is 25.0 Å². The highest BCUT2D eigenvalue weighted by Gasteiger charge is 1.73. The van der Waals surface area contributed by atoms with Crippen molar-refractivity contribution in [3.8, 4) is 12.1 Å². The standard InChI is InChI=1S/C7H14.C2N2/c1-4-5-6-7(2)3;3-1-2-4/h6H,4-5H2,1-3H3;. The molecular formula is C9H14N2. The zero-order chi connectivity index (χ0) is 9.11. The largest absolute Gasteiger partial charge is 0.181 e. The maximum Gasteiger partial charge on any atom is 0.181 e. The summed E-state index contributed by atoms with van der Waals surface area (Å²) in [5, 5.41) is 14.5. The van der Waals surface area contributed by atoms with Crippen molar-refractivity contribution in [2.45, 2.75) is 33.6 Å². The lowest BCUT2D eigenvalue weighted by atomic mass is 10.2. The van der Waals surface area contributed by atoms with E-state index >= 15 is 0 Å². The summed E-state index contributed by atoms with van der Waals surface area (Å²) >= 11 is 0. The Bertz CT molecular complexity index is 163. The average Bonchev–Trinajstić information content (AvgIpc) is 2.01. The summed E-state index contributed by atoms with van der Waals surface area (Å²) < 4.78 is 0. The second-order valence-corrected chi connectivity index (χ2v) is 2.29. The molecule has 0 fully saturated rings. The highest BCUT2D eigenvalue weighted by atomic mass is 14.3. The Kier molecular flexibility index (Phi) is 13.0. The fraction of sp³-hybridized carbons (Fsp3) is 0.556. The van der Waals surface area contributed by atoms with Gasteiger partial charge < -0.3 is 0 Å². The van der Waals surface area contributed by atoms with Gasteiger partial charge in [-0.15, -0.1) is 0 Å². The van der Waals surface area contributed by atoms with Crippen LogP contribution in [0.5, 0.6) is 0 Å². The van der Waals surface area contributed by atoms with Gasteiger partial charge in [0.15, 0.2) is 12.1 Å². The molecule has 0 bridgehead atoms. The molecule has 0 aliphatic heterocycles. The van der Waals surface area contributed by atoms with E-state index in [0.717, 1.165) is 0 Å². The van der Waals surface area contributed by atoms with Crippen LogP contribution in [-0.4, -0.2) is 0 Å². The highest BCUT2D eigenvalue weighted by Crippen LogP contribution is 1.94. The Morgan fingerprint density at radius 2 is 1.73 bits per heavy atom. The van der Waals surface area contributed by atoms with Gasteiger partial charge in [0.05, 0.1) is 0 Å². The van der Waals surface area contributed by atoms with Gasteiger partial charge in [0.2, 0.25) is 0 Å². The van der Waals surface area contributed by atoms with Gasteiger partial charge in [-0.2, -0.15) is 10.5 Å². The van der Waals surface area contributed by atoms with Crippen molar-refractivity contribution in [2.24, 2.45) is 0 Å². The first-order valence-corrected chi connectivity index (χ1v) is 3.60. The average molecular weight is 150 g/mol. The Balaban J connectivity index is 0. The molecule has 11 heavy (non-hydrogen) atoms. The minimum atomic E-state index is 1.24. The highest BCUT2D eigenvalue weighted by molar-refractivity contribution is 4.99. The molecule has 0 atom stereocenters. The van der Waals surface area contributed by atoms with Gasteiger partial charge in [-0.3, -0.25) is 0 Å². The third-order valence-electron chi connectivity index (χ3n) is 0.891. The van der Waals surface area contributed by atoms with Gasteiger partial charge in [-0.05, 0) is 20.3 Å². The van der Waals surface area contributed by atoms with E-state index in [-0.39, 0.29) is 0 Å². The maximum absolute atomic E-state index is 7.26. The van der Waals surface area contributed by atoms with Crippen molar-refractivity contribution in [1.82, 2.24) is 0 Å². The molecule has 60 valence electrons. The fourth-order valence-electron chi connectivity index (χ4n) is 0.433. The number of nitrogens with zero attached hydrogens (tertiary/aromatic N) is 2. The van der Waals surface area contributed by atoms with E-state index in [4.69, 9.17) is 10.5 Å². The van der Waals surface area contributed by atoms with E-state index in [1.165, 1.54) is 30.6 Å². The molecule has 2 nitrogen and oxygen atoms in total. The van der Waals surface area contributed by atoms with Crippen LogP contribution < -0.4 is 0 Å². The SMILES string of the molecule is CCCC=C(C)C.N#CC#N. The smallest absolute Gasteiger partial charge is 0.181 e. The van der Waals surface area contributed by atoms with Crippen molar-refractivity contribution in [2.75, 3.05) is 0 Å². The minimum Gasteiger partial charge on any atom is -0.181 e. The Morgan fingerprint density at radius 3 is 1.82 bits per heavy atom. The van der Waals surface area contributed by atoms with Gasteiger partial charge in [-0.25, -0.2) is 0 Å². The number of unbranched alkanes of at least 4 members (excludes halogenated alkanes) is 1. The number of nitriles is 2. The molecule has 0 radical (unpaired) electrons. The molecule has 2 heteroatoms. The number of rotatable bonds is 2. The second kappa shape index (κ2) is 11.5. The Hall–Kier alpha value is -1.28. The summed E-state index contributed by atoms with van der Waals surface area (Å²) in [5.74, 6) is 0. The molecule has 0 rings (SSSR count). The third-order valence-corrected chi connectivity index (χ3v) is 0.891. The summed E-state index contributed by atoms with van der Waals surface area (Å²) in [6.45, 7) is 6.46. The summed E-state index contributed by atoms with van der Waals surface area (Å²) in [6, 6.07) is 2.47. The summed E-state index contributed by atoms with van der Waals surface area (Å²) in [7, 11) is 0. The molecule has 0 aliphatic carbocycles. The minimum absolute atomic E-state index is 1.24. The van der Waals surface area contributed by atoms with E-state index < -0.39 is 0 Å². The molecule has 0 heterocycles. The zero-order valence-corrected chi connectivity index (χ0v) is 7.39. The molecule has 0 aromatic heterocycles. The molecule has 0 aromatic rings. The van der Waals surface area contributed by atoms with Crippen LogP contribution in [-0.2, 0) is 0 Å². The first-order chi connectivity index (χ1) is 5.18. The van der Waals surface area contributed by atoms with E-state index in [2.05, 4.69) is 26.8 Å². The van der Waals surface area contributed by atoms with Gasteiger partial charge >= 0.3 is 0 Å². The third kappa shape index (κ3) is 28.5. The van der Waals surface area contributed by atoms with Crippen molar-refractivity contribution >= 4 is 0 Å². The summed E-state index contributed by atoms with van der Waals surface area (Å²) in [4.78, 5) is 0. The Labute approximate surface area is 68.8 Å². The van der Waals surface area contributed by atoms with Crippen LogP contribution in [0, 0.1) is 22.7 Å². The van der Waals surface area contributed by atoms with Gasteiger partial charge in [0.25, 0.3) is 0 Å². The Morgan fingerprint density at radius 1 is 1.27 bits per heavy atom. The number of hydrogen-bond acceptors (Lipinski definition) is 2. The zero-order valence-electron chi connectivity index (χ0n) is 7.39. The molecule has 0 amide bonds. The van der Waals surface area contributed by atoms with E-state index in [0.29, 0.717) is 0 Å². The lowest BCUT2D eigenvalue weighted by Crippen LogP contribution is -1.64. The lowest BCUT2D eigenvalue weighted by Gasteiger charge is -1.85. The summed E-state index contributed by atoms with van der Waals surface area (Å²) in [6.07, 6.45) is 4.77. The quantitative estimate of drug-likeness (QED) is 0.568. The molecule has 0 unspecified atom stereocenters. The second-order valence-electron chi connectivity index (χ2n) is 2.29. The van der Waals surface area contributed by atoms with Gasteiger partial charge in [0.1, 0.15) is 0 Å². The van der Waals surface area contributed by atoms with Gasteiger partial charge in [0, 0.05) is 0 Å². The monoisotopic (exact) mass is 150 g/mol. The van der Waals surface area contributed by atoms with Crippen molar-refractivity contribution in [3.63, 3.8) is 0 Å². The van der Waals surface area contributed by atoms with Crippen LogP contribution in [0.25, 0.3) is 0 Å². The van der Waals surface area contributed by atoms with E-state index in [1.807, 2.05) is 0 Å². The molecule has 0 aliphatic rings. The van der Waals surface area contributed by atoms with Crippen LogP contribution in [0.3, 0.4) is 0 Å². The molecular weight excluding hydrogens is 136 g/mol. The molecule has 0 spiro atoms.